The van der Waals surface area contributed by atoms with Crippen LogP contribution in [0.2, 0.25) is 0 Å². The molecule has 1 aliphatic heterocycles. The third-order valence-electron chi connectivity index (χ3n) is 4.02. The van der Waals surface area contributed by atoms with Gasteiger partial charge in [0.1, 0.15) is 31.9 Å². The number of nitrogens with zero attached hydrogens (tertiary/aromatic N) is 2. The van der Waals surface area contributed by atoms with Gasteiger partial charge in [-0.3, -0.25) is 4.79 Å². The van der Waals surface area contributed by atoms with Crippen molar-refractivity contribution in [2.24, 2.45) is 5.10 Å². The normalized spacial score (nSPS) is 15.7. The molecule has 0 aromatic heterocycles. The molecule has 16 heteroatoms. The van der Waals surface area contributed by atoms with Gasteiger partial charge in [0, 0.05) is 0 Å². The molecule has 2 aromatic carbocycles. The SMILES string of the molecule is O=C([O-])C1=NN(c2ccc(S(=O)(=O)[O-])cc2)C(=O)C1c1ccc(S(=O)(=O)[O-])cc1.[Na+].[Na+].[Na+]. The van der Waals surface area contributed by atoms with Gasteiger partial charge < -0.3 is 19.0 Å². The minimum atomic E-state index is -4.74. The Balaban J connectivity index is 0.00000320. The number of hydrazone groups is 1. The van der Waals surface area contributed by atoms with Crippen LogP contribution in [-0.4, -0.2) is 43.5 Å². The second kappa shape index (κ2) is 12.0. The second-order valence-corrected chi connectivity index (χ2v) is 8.59. The third kappa shape index (κ3) is 6.95. The maximum absolute atomic E-state index is 12.7. The number of hydrogen-bond acceptors (Lipinski definition) is 10. The number of anilines is 1. The van der Waals surface area contributed by atoms with Crippen LogP contribution in [0.1, 0.15) is 11.5 Å². The fourth-order valence-electron chi connectivity index (χ4n) is 2.68. The van der Waals surface area contributed by atoms with E-state index in [1.54, 1.807) is 0 Å². The topological polar surface area (TPSA) is 187 Å². The van der Waals surface area contributed by atoms with Gasteiger partial charge in [-0.1, -0.05) is 12.1 Å². The zero-order chi connectivity index (χ0) is 21.6. The van der Waals surface area contributed by atoms with E-state index in [1.807, 2.05) is 0 Å². The summed E-state index contributed by atoms with van der Waals surface area (Å²) in [6.45, 7) is 0. The largest absolute Gasteiger partial charge is 1.00 e. The molecule has 152 valence electrons. The molecule has 32 heavy (non-hydrogen) atoms. The van der Waals surface area contributed by atoms with Crippen LogP contribution in [0, 0.1) is 0 Å². The number of hydrogen-bond donors (Lipinski definition) is 0. The van der Waals surface area contributed by atoms with Crippen LogP contribution in [0.4, 0.5) is 5.69 Å². The molecule has 0 saturated heterocycles. The number of carboxylic acids is 1. The molecule has 11 nitrogen and oxygen atoms in total. The zero-order valence-corrected chi connectivity index (χ0v) is 24.7. The zero-order valence-electron chi connectivity index (χ0n) is 17.1. The minimum Gasteiger partial charge on any atom is -0.744 e. The van der Waals surface area contributed by atoms with Crippen molar-refractivity contribution in [1.82, 2.24) is 0 Å². The smallest absolute Gasteiger partial charge is 0.744 e. The van der Waals surface area contributed by atoms with Gasteiger partial charge in [-0.25, -0.2) is 16.8 Å². The molecule has 1 amide bonds. The summed E-state index contributed by atoms with van der Waals surface area (Å²) < 4.78 is 66.0. The Morgan fingerprint density at radius 1 is 0.812 bits per heavy atom. The van der Waals surface area contributed by atoms with E-state index in [0.717, 1.165) is 48.5 Å². The number of rotatable bonds is 5. The van der Waals surface area contributed by atoms with Crippen molar-refractivity contribution in [2.75, 3.05) is 5.01 Å². The van der Waals surface area contributed by atoms with E-state index in [1.165, 1.54) is 0 Å². The average Bonchev–Trinajstić information content (AvgIpc) is 2.98. The molecule has 0 N–H and O–H groups in total. The monoisotopic (exact) mass is 506 g/mol. The Morgan fingerprint density at radius 3 is 1.59 bits per heavy atom. The molecule has 1 unspecified atom stereocenters. The Hall–Kier alpha value is -0.130. The van der Waals surface area contributed by atoms with Crippen molar-refractivity contribution in [3.63, 3.8) is 0 Å². The Morgan fingerprint density at radius 2 is 1.22 bits per heavy atom. The molecule has 1 heterocycles. The van der Waals surface area contributed by atoms with E-state index in [0.29, 0.717) is 5.01 Å². The molecule has 1 atom stereocenters. The van der Waals surface area contributed by atoms with Crippen molar-refractivity contribution in [2.45, 2.75) is 15.7 Å². The molecule has 2 aromatic rings. The number of amides is 1. The summed E-state index contributed by atoms with van der Waals surface area (Å²) in [5.41, 5.74) is -0.637. The summed E-state index contributed by atoms with van der Waals surface area (Å²) in [5, 5.41) is 15.8. The fraction of sp³-hybridized carbons (Fsp3) is 0.0625. The number of carboxylic acid groups (broad SMARTS) is 1. The number of carbonyl (C=O) groups is 2. The molecule has 0 saturated carbocycles. The summed E-state index contributed by atoms with van der Waals surface area (Å²) in [7, 11) is -9.45. The van der Waals surface area contributed by atoms with Crippen molar-refractivity contribution < 1.29 is 129 Å². The molecule has 0 bridgehead atoms. The van der Waals surface area contributed by atoms with Crippen molar-refractivity contribution in [1.29, 1.82) is 0 Å². The molecule has 0 radical (unpaired) electrons. The van der Waals surface area contributed by atoms with Crippen LogP contribution in [0.3, 0.4) is 0 Å². The first-order chi connectivity index (χ1) is 13.4. The summed E-state index contributed by atoms with van der Waals surface area (Å²) in [6.07, 6.45) is 0. The molecule has 0 fully saturated rings. The molecular weight excluding hydrogens is 497 g/mol. The quantitative estimate of drug-likeness (QED) is 0.280. The van der Waals surface area contributed by atoms with Crippen molar-refractivity contribution in [3.8, 4) is 0 Å². The maximum atomic E-state index is 12.7. The van der Waals surface area contributed by atoms with E-state index >= 15 is 0 Å². The Bertz CT molecular complexity index is 1250. The van der Waals surface area contributed by atoms with Gasteiger partial charge in [0.05, 0.1) is 21.4 Å². The van der Waals surface area contributed by atoms with Gasteiger partial charge in [0.2, 0.25) is 0 Å². The summed E-state index contributed by atoms with van der Waals surface area (Å²) in [6, 6.07) is 8.09. The van der Waals surface area contributed by atoms with Crippen LogP contribution < -0.4 is 98.8 Å². The third-order valence-corrected chi connectivity index (χ3v) is 5.72. The first kappa shape index (κ1) is 31.9. The number of carbonyl (C=O) groups excluding carboxylic acids is 2. The standard InChI is InChI=1S/C16H12N2O9S2.3Na/c19-15-13(9-1-5-11(6-2-9)28(22,23)24)14(16(20)21)17-18(15)10-3-7-12(8-4-10)29(25,26)27;;;/h1-8,13H,(H,20,21)(H,22,23,24)(H,25,26,27);;;/q;3*+1/p-3. The Labute approximate surface area is 249 Å². The number of aliphatic carboxylic acids is 1. The van der Waals surface area contributed by atoms with Crippen LogP contribution in [0.15, 0.2) is 63.4 Å². The van der Waals surface area contributed by atoms with E-state index in [2.05, 4.69) is 5.10 Å². The van der Waals surface area contributed by atoms with Gasteiger partial charge in [-0.05, 0) is 42.0 Å². The van der Waals surface area contributed by atoms with Crippen molar-refractivity contribution >= 4 is 43.5 Å². The molecule has 0 aliphatic carbocycles. The van der Waals surface area contributed by atoms with E-state index in [4.69, 9.17) is 0 Å². The molecule has 0 spiro atoms. The molecule has 1 aliphatic rings. The van der Waals surface area contributed by atoms with E-state index in [9.17, 15) is 40.6 Å². The van der Waals surface area contributed by atoms with Crippen LogP contribution in [-0.2, 0) is 29.8 Å². The first-order valence-electron chi connectivity index (χ1n) is 7.65. The van der Waals surface area contributed by atoms with Crippen LogP contribution in [0.5, 0.6) is 0 Å². The summed E-state index contributed by atoms with van der Waals surface area (Å²) in [4.78, 5) is 23.1. The fourth-order valence-corrected chi connectivity index (χ4v) is 3.62. The first-order valence-corrected chi connectivity index (χ1v) is 10.5. The van der Waals surface area contributed by atoms with Gasteiger partial charge in [0.15, 0.2) is 0 Å². The van der Waals surface area contributed by atoms with Gasteiger partial charge in [-0.2, -0.15) is 10.1 Å². The van der Waals surface area contributed by atoms with Crippen LogP contribution >= 0.6 is 0 Å². The van der Waals surface area contributed by atoms with Crippen molar-refractivity contribution in [3.05, 3.63) is 54.1 Å². The van der Waals surface area contributed by atoms with Gasteiger partial charge in [0.25, 0.3) is 5.91 Å². The van der Waals surface area contributed by atoms with E-state index < -0.39 is 53.5 Å². The maximum Gasteiger partial charge on any atom is 1.00 e. The molecule has 3 rings (SSSR count). The average molecular weight is 506 g/mol. The van der Waals surface area contributed by atoms with Crippen LogP contribution in [0.25, 0.3) is 0 Å². The minimum absolute atomic E-state index is 0. The van der Waals surface area contributed by atoms with Gasteiger partial charge in [-0.15, -0.1) is 0 Å². The predicted octanol–water partition coefficient (Wildman–Crippen LogP) is -10.3. The van der Waals surface area contributed by atoms with E-state index in [-0.39, 0.29) is 99.9 Å². The molecular formula is C16H9N2Na3O9S2. The summed E-state index contributed by atoms with van der Waals surface area (Å²) >= 11 is 0. The summed E-state index contributed by atoms with van der Waals surface area (Å²) in [5.74, 6) is -4.06. The Kier molecular flexibility index (Phi) is 12.0. The van der Waals surface area contributed by atoms with Gasteiger partial charge >= 0.3 is 88.7 Å². The number of benzene rings is 2. The second-order valence-electron chi connectivity index (χ2n) is 5.83. The predicted molar refractivity (Wildman–Crippen MR) is 91.5 cm³/mol.